The molecule has 0 amide bonds. The summed E-state index contributed by atoms with van der Waals surface area (Å²) in [5.74, 6) is -0.234. The molecule has 2 atom stereocenters. The average molecular weight is 203 g/mol. The molecule has 0 aromatic rings. The van der Waals surface area contributed by atoms with Gasteiger partial charge < -0.3 is 9.84 Å². The molecule has 0 aliphatic heterocycles. The van der Waals surface area contributed by atoms with Gasteiger partial charge in [0.1, 0.15) is 0 Å². The second-order valence-corrected chi connectivity index (χ2v) is 3.35. The van der Waals surface area contributed by atoms with Crippen molar-refractivity contribution in [2.24, 2.45) is 0 Å². The predicted octanol–water partition coefficient (Wildman–Crippen LogP) is 0.641. The quantitative estimate of drug-likeness (QED) is 0.644. The predicted molar refractivity (Wildman–Crippen MR) is 55.0 cm³/mol. The lowest BCUT2D eigenvalue weighted by atomic mass is 10.2. The van der Waals surface area contributed by atoms with Gasteiger partial charge in [0.15, 0.2) is 0 Å². The molecule has 4 nitrogen and oxygen atoms in total. The Labute approximate surface area is 85.9 Å². The number of ether oxygens (including phenoxy) is 1. The molecule has 0 saturated heterocycles. The maximum Gasteiger partial charge on any atom is 0.320 e. The van der Waals surface area contributed by atoms with Crippen LogP contribution in [0.1, 0.15) is 27.7 Å². The number of esters is 1. The van der Waals surface area contributed by atoms with E-state index in [-0.39, 0.29) is 18.6 Å². The van der Waals surface area contributed by atoms with Crippen LogP contribution >= 0.6 is 0 Å². The SMILES string of the molecule is CCOC(=O)CN(CC)C(C)C(C)O. The molecule has 0 aromatic carbocycles. The molecule has 0 aliphatic carbocycles. The largest absolute Gasteiger partial charge is 0.465 e. The number of aliphatic hydroxyl groups excluding tert-OH is 1. The zero-order valence-corrected chi connectivity index (χ0v) is 9.49. The fourth-order valence-electron chi connectivity index (χ4n) is 1.22. The van der Waals surface area contributed by atoms with Crippen LogP contribution in [0.25, 0.3) is 0 Å². The lowest BCUT2D eigenvalue weighted by Crippen LogP contribution is -2.43. The Balaban J connectivity index is 4.08. The molecule has 84 valence electrons. The van der Waals surface area contributed by atoms with E-state index in [0.29, 0.717) is 6.61 Å². The Morgan fingerprint density at radius 3 is 2.36 bits per heavy atom. The molecular weight excluding hydrogens is 182 g/mol. The molecule has 0 spiro atoms. The highest BCUT2D eigenvalue weighted by atomic mass is 16.5. The summed E-state index contributed by atoms with van der Waals surface area (Å²) in [6, 6.07) is -0.0237. The van der Waals surface area contributed by atoms with Crippen molar-refractivity contribution in [3.63, 3.8) is 0 Å². The van der Waals surface area contributed by atoms with Crippen molar-refractivity contribution in [1.29, 1.82) is 0 Å². The Hall–Kier alpha value is -0.610. The molecule has 14 heavy (non-hydrogen) atoms. The van der Waals surface area contributed by atoms with Gasteiger partial charge in [-0.25, -0.2) is 0 Å². The Bertz CT molecular complexity index is 171. The fraction of sp³-hybridized carbons (Fsp3) is 0.900. The first-order valence-corrected chi connectivity index (χ1v) is 5.10. The van der Waals surface area contributed by atoms with Crippen molar-refractivity contribution in [1.82, 2.24) is 4.90 Å². The second-order valence-electron chi connectivity index (χ2n) is 3.35. The normalized spacial score (nSPS) is 15.3. The van der Waals surface area contributed by atoms with Gasteiger partial charge in [0.2, 0.25) is 0 Å². The van der Waals surface area contributed by atoms with Crippen molar-refractivity contribution >= 4 is 5.97 Å². The minimum Gasteiger partial charge on any atom is -0.465 e. The lowest BCUT2D eigenvalue weighted by Gasteiger charge is -2.28. The van der Waals surface area contributed by atoms with E-state index in [0.717, 1.165) is 6.54 Å². The van der Waals surface area contributed by atoms with Crippen molar-refractivity contribution in [2.45, 2.75) is 39.8 Å². The van der Waals surface area contributed by atoms with Crippen molar-refractivity contribution in [3.8, 4) is 0 Å². The summed E-state index contributed by atoms with van der Waals surface area (Å²) in [6.45, 7) is 8.73. The molecule has 0 saturated carbocycles. The van der Waals surface area contributed by atoms with Crippen LogP contribution in [-0.2, 0) is 9.53 Å². The summed E-state index contributed by atoms with van der Waals surface area (Å²) in [4.78, 5) is 13.1. The number of carbonyl (C=O) groups is 1. The highest BCUT2D eigenvalue weighted by Gasteiger charge is 2.19. The number of aliphatic hydroxyl groups is 1. The number of likely N-dealkylation sites (N-methyl/N-ethyl adjacent to an activating group) is 1. The Morgan fingerprint density at radius 1 is 1.43 bits per heavy atom. The van der Waals surface area contributed by atoms with Gasteiger partial charge in [-0.3, -0.25) is 9.69 Å². The molecule has 0 fully saturated rings. The number of hydrogen-bond donors (Lipinski definition) is 1. The van der Waals surface area contributed by atoms with Gasteiger partial charge in [-0.1, -0.05) is 6.92 Å². The Morgan fingerprint density at radius 2 is 2.00 bits per heavy atom. The molecule has 0 aliphatic rings. The van der Waals surface area contributed by atoms with Crippen LogP contribution in [0.2, 0.25) is 0 Å². The molecule has 0 rings (SSSR count). The van der Waals surface area contributed by atoms with E-state index in [1.165, 1.54) is 0 Å². The van der Waals surface area contributed by atoms with Crippen LogP contribution in [0.4, 0.5) is 0 Å². The number of carbonyl (C=O) groups excluding carboxylic acids is 1. The molecule has 1 N–H and O–H groups in total. The first-order valence-electron chi connectivity index (χ1n) is 5.10. The van der Waals surface area contributed by atoms with Gasteiger partial charge in [0.25, 0.3) is 0 Å². The minimum atomic E-state index is -0.440. The van der Waals surface area contributed by atoms with Gasteiger partial charge in [-0.05, 0) is 27.3 Å². The molecule has 2 unspecified atom stereocenters. The van der Waals surface area contributed by atoms with Crippen LogP contribution in [0.5, 0.6) is 0 Å². The van der Waals surface area contributed by atoms with Crippen LogP contribution in [-0.4, -0.2) is 47.8 Å². The summed E-state index contributed by atoms with van der Waals surface area (Å²) in [6.07, 6.45) is -0.440. The fourth-order valence-corrected chi connectivity index (χ4v) is 1.22. The third kappa shape index (κ3) is 4.58. The van der Waals surface area contributed by atoms with E-state index in [2.05, 4.69) is 0 Å². The Kier molecular flexibility index (Phi) is 6.49. The first-order chi connectivity index (χ1) is 6.52. The van der Waals surface area contributed by atoms with E-state index in [4.69, 9.17) is 4.74 Å². The lowest BCUT2D eigenvalue weighted by molar-refractivity contribution is -0.145. The van der Waals surface area contributed by atoms with Crippen molar-refractivity contribution in [3.05, 3.63) is 0 Å². The van der Waals surface area contributed by atoms with Gasteiger partial charge >= 0.3 is 5.97 Å². The average Bonchev–Trinajstić information content (AvgIpc) is 2.13. The maximum atomic E-state index is 11.2. The monoisotopic (exact) mass is 203 g/mol. The van der Waals surface area contributed by atoms with E-state index < -0.39 is 6.10 Å². The standard InChI is InChI=1S/C10H21NO3/c1-5-11(8(3)9(4)12)7-10(13)14-6-2/h8-9,12H,5-7H2,1-4H3. The highest BCUT2D eigenvalue weighted by molar-refractivity contribution is 5.71. The van der Waals surface area contributed by atoms with Gasteiger partial charge in [-0.15, -0.1) is 0 Å². The van der Waals surface area contributed by atoms with Crippen LogP contribution < -0.4 is 0 Å². The molecule has 0 bridgehead atoms. The molecule has 4 heteroatoms. The van der Waals surface area contributed by atoms with Crippen LogP contribution in [0.15, 0.2) is 0 Å². The molecular formula is C10H21NO3. The van der Waals surface area contributed by atoms with Crippen LogP contribution in [0, 0.1) is 0 Å². The van der Waals surface area contributed by atoms with E-state index >= 15 is 0 Å². The first kappa shape index (κ1) is 13.4. The molecule has 0 aromatic heterocycles. The topological polar surface area (TPSA) is 49.8 Å². The minimum absolute atomic E-state index is 0.0237. The van der Waals surface area contributed by atoms with Gasteiger partial charge in [0, 0.05) is 6.04 Å². The van der Waals surface area contributed by atoms with E-state index in [1.54, 1.807) is 13.8 Å². The highest BCUT2D eigenvalue weighted by Crippen LogP contribution is 2.03. The third-order valence-corrected chi connectivity index (χ3v) is 2.32. The zero-order valence-electron chi connectivity index (χ0n) is 9.49. The van der Waals surface area contributed by atoms with Crippen molar-refractivity contribution < 1.29 is 14.6 Å². The third-order valence-electron chi connectivity index (χ3n) is 2.32. The zero-order chi connectivity index (χ0) is 11.1. The maximum absolute atomic E-state index is 11.2. The number of hydrogen-bond acceptors (Lipinski definition) is 4. The summed E-state index contributed by atoms with van der Waals surface area (Å²) < 4.78 is 4.84. The summed E-state index contributed by atoms with van der Waals surface area (Å²) in [5, 5.41) is 9.37. The molecule has 0 heterocycles. The molecule has 0 radical (unpaired) electrons. The second kappa shape index (κ2) is 6.79. The number of nitrogens with zero attached hydrogens (tertiary/aromatic N) is 1. The van der Waals surface area contributed by atoms with Crippen LogP contribution in [0.3, 0.4) is 0 Å². The summed E-state index contributed by atoms with van der Waals surface area (Å²) in [5.41, 5.74) is 0. The summed E-state index contributed by atoms with van der Waals surface area (Å²) in [7, 11) is 0. The van der Waals surface area contributed by atoms with Gasteiger partial charge in [0.05, 0.1) is 19.3 Å². The van der Waals surface area contributed by atoms with Crippen molar-refractivity contribution in [2.75, 3.05) is 19.7 Å². The van der Waals surface area contributed by atoms with E-state index in [1.807, 2.05) is 18.7 Å². The van der Waals surface area contributed by atoms with E-state index in [9.17, 15) is 9.90 Å². The smallest absolute Gasteiger partial charge is 0.320 e. The number of rotatable bonds is 6. The van der Waals surface area contributed by atoms with Gasteiger partial charge in [-0.2, -0.15) is 0 Å². The summed E-state index contributed by atoms with van der Waals surface area (Å²) >= 11 is 0.